The second-order valence-corrected chi connectivity index (χ2v) is 7.50. The number of carbonyl (C=O) groups excluding carboxylic acids is 1. The molecule has 1 aliphatic heterocycles. The molecule has 6 nitrogen and oxygen atoms in total. The zero-order valence-electron chi connectivity index (χ0n) is 17.9. The highest BCUT2D eigenvalue weighted by Gasteiger charge is 2.13. The molecule has 164 valence electrons. The van der Waals surface area contributed by atoms with Crippen molar-refractivity contribution in [3.05, 3.63) is 91.0 Å². The van der Waals surface area contributed by atoms with Crippen LogP contribution in [0, 0.1) is 0 Å². The molecule has 1 aliphatic rings. The number of hydrogen-bond donors (Lipinski definition) is 1. The topological polar surface area (TPSA) is 69.7 Å². The third-order valence-corrected chi connectivity index (χ3v) is 5.14. The lowest BCUT2D eigenvalue weighted by molar-refractivity contribution is -0.118. The molecule has 5 rings (SSSR count). The van der Waals surface area contributed by atoms with E-state index in [1.165, 1.54) is 0 Å². The first-order valence-corrected chi connectivity index (χ1v) is 10.7. The number of benzene rings is 3. The minimum absolute atomic E-state index is 0.0634. The summed E-state index contributed by atoms with van der Waals surface area (Å²) in [5.74, 6) is 1.91. The fourth-order valence-electron chi connectivity index (χ4n) is 3.58. The summed E-state index contributed by atoms with van der Waals surface area (Å²) in [6, 6.07) is 28.6. The molecule has 0 radical (unpaired) electrons. The largest absolute Gasteiger partial charge is 0.486 e. The van der Waals surface area contributed by atoms with Crippen molar-refractivity contribution < 1.29 is 19.0 Å². The van der Waals surface area contributed by atoms with Crippen molar-refractivity contribution in [2.75, 3.05) is 25.1 Å². The van der Waals surface area contributed by atoms with Gasteiger partial charge < -0.3 is 19.5 Å². The molecule has 0 bridgehead atoms. The Balaban J connectivity index is 1.31. The van der Waals surface area contributed by atoms with Crippen LogP contribution >= 0.6 is 0 Å². The number of nitrogens with one attached hydrogen (secondary N) is 1. The third-order valence-electron chi connectivity index (χ3n) is 5.14. The predicted octanol–water partition coefficient (Wildman–Crippen LogP) is 5.20. The molecule has 33 heavy (non-hydrogen) atoms. The van der Waals surface area contributed by atoms with E-state index < -0.39 is 0 Å². The van der Waals surface area contributed by atoms with E-state index in [-0.39, 0.29) is 12.5 Å². The molecule has 1 N–H and O–H groups in total. The lowest BCUT2D eigenvalue weighted by Crippen LogP contribution is -2.20. The monoisotopic (exact) mass is 438 g/mol. The molecule has 0 spiro atoms. The van der Waals surface area contributed by atoms with Gasteiger partial charge in [-0.1, -0.05) is 36.4 Å². The number of para-hydroxylation sites is 1. The predicted molar refractivity (Wildman–Crippen MR) is 127 cm³/mol. The maximum absolute atomic E-state index is 12.3. The molecular formula is C27H22N2O4. The standard InChI is InChI=1S/C27H22N2O4/c30-27(18-33-22-8-2-1-3-9-22)28-21-7-4-6-19(16-21)23-10-5-11-24(29-23)20-12-13-25-26(17-20)32-15-14-31-25/h1-13,16-17H,14-15,18H2,(H,28,30). The molecule has 1 aromatic heterocycles. The van der Waals surface area contributed by atoms with E-state index >= 15 is 0 Å². The van der Waals surface area contributed by atoms with Crippen LogP contribution < -0.4 is 19.5 Å². The number of anilines is 1. The van der Waals surface area contributed by atoms with E-state index in [2.05, 4.69) is 5.32 Å². The van der Waals surface area contributed by atoms with Crippen molar-refractivity contribution in [1.82, 2.24) is 4.98 Å². The second kappa shape index (κ2) is 9.44. The Hall–Kier alpha value is -4.32. The Labute approximate surface area is 191 Å². The van der Waals surface area contributed by atoms with Crippen LogP contribution in [0.25, 0.3) is 22.5 Å². The number of hydrogen-bond acceptors (Lipinski definition) is 5. The molecule has 3 aromatic carbocycles. The average Bonchev–Trinajstić information content (AvgIpc) is 2.88. The van der Waals surface area contributed by atoms with Crippen molar-refractivity contribution in [3.63, 3.8) is 0 Å². The van der Waals surface area contributed by atoms with Gasteiger partial charge in [-0.2, -0.15) is 0 Å². The number of fused-ring (bicyclic) bond motifs is 1. The molecule has 4 aromatic rings. The molecule has 1 amide bonds. The van der Waals surface area contributed by atoms with Crippen molar-refractivity contribution in [2.45, 2.75) is 0 Å². The summed E-state index contributed by atoms with van der Waals surface area (Å²) in [5, 5.41) is 2.88. The molecule has 0 atom stereocenters. The maximum atomic E-state index is 12.3. The minimum atomic E-state index is -0.228. The number of pyridine rings is 1. The van der Waals surface area contributed by atoms with Gasteiger partial charge >= 0.3 is 0 Å². The van der Waals surface area contributed by atoms with Crippen LogP contribution in [0.1, 0.15) is 0 Å². The molecule has 6 heteroatoms. The van der Waals surface area contributed by atoms with E-state index in [9.17, 15) is 4.79 Å². The maximum Gasteiger partial charge on any atom is 0.262 e. The Morgan fingerprint density at radius 3 is 2.33 bits per heavy atom. The second-order valence-electron chi connectivity index (χ2n) is 7.50. The number of rotatable bonds is 6. The SMILES string of the molecule is O=C(COc1ccccc1)Nc1cccc(-c2cccc(-c3ccc4c(c3)OCCO4)n2)c1. The number of amides is 1. The van der Waals surface area contributed by atoms with Crippen LogP contribution in [-0.4, -0.2) is 30.7 Å². The zero-order valence-corrected chi connectivity index (χ0v) is 17.9. The zero-order chi connectivity index (χ0) is 22.5. The summed E-state index contributed by atoms with van der Waals surface area (Å²) in [6.07, 6.45) is 0. The summed E-state index contributed by atoms with van der Waals surface area (Å²) in [7, 11) is 0. The quantitative estimate of drug-likeness (QED) is 0.448. The molecule has 0 saturated carbocycles. The van der Waals surface area contributed by atoms with E-state index in [0.29, 0.717) is 24.7 Å². The lowest BCUT2D eigenvalue weighted by Gasteiger charge is -2.18. The Kier molecular flexibility index (Phi) is 5.89. The highest BCUT2D eigenvalue weighted by Crippen LogP contribution is 2.34. The van der Waals surface area contributed by atoms with Gasteiger partial charge in [-0.05, 0) is 54.6 Å². The van der Waals surface area contributed by atoms with E-state index in [1.54, 1.807) is 0 Å². The van der Waals surface area contributed by atoms with Crippen molar-refractivity contribution >= 4 is 11.6 Å². The fraction of sp³-hybridized carbons (Fsp3) is 0.111. The van der Waals surface area contributed by atoms with Gasteiger partial charge in [-0.15, -0.1) is 0 Å². The van der Waals surface area contributed by atoms with Gasteiger partial charge in [0.15, 0.2) is 18.1 Å². The Morgan fingerprint density at radius 2 is 1.52 bits per heavy atom. The molecule has 2 heterocycles. The minimum Gasteiger partial charge on any atom is -0.486 e. The van der Waals surface area contributed by atoms with Crippen molar-refractivity contribution in [2.24, 2.45) is 0 Å². The number of aromatic nitrogens is 1. The van der Waals surface area contributed by atoms with E-state index in [0.717, 1.165) is 34.0 Å². The summed E-state index contributed by atoms with van der Waals surface area (Å²) >= 11 is 0. The van der Waals surface area contributed by atoms with Gasteiger partial charge in [0.25, 0.3) is 5.91 Å². The first kappa shape index (κ1) is 20.6. The molecular weight excluding hydrogens is 416 g/mol. The van der Waals surface area contributed by atoms with Gasteiger partial charge in [0.05, 0.1) is 11.4 Å². The normalized spacial score (nSPS) is 12.1. The average molecular weight is 438 g/mol. The van der Waals surface area contributed by atoms with Crippen LogP contribution in [0.15, 0.2) is 91.0 Å². The summed E-state index contributed by atoms with van der Waals surface area (Å²) in [6.45, 7) is 1.04. The first-order chi connectivity index (χ1) is 16.2. The summed E-state index contributed by atoms with van der Waals surface area (Å²) in [4.78, 5) is 17.1. The Morgan fingerprint density at radius 1 is 0.788 bits per heavy atom. The first-order valence-electron chi connectivity index (χ1n) is 10.7. The summed E-state index contributed by atoms with van der Waals surface area (Å²) < 4.78 is 16.8. The fourth-order valence-corrected chi connectivity index (χ4v) is 3.58. The highest BCUT2D eigenvalue weighted by molar-refractivity contribution is 5.92. The van der Waals surface area contributed by atoms with Gasteiger partial charge in [-0.25, -0.2) is 4.98 Å². The van der Waals surface area contributed by atoms with E-state index in [4.69, 9.17) is 19.2 Å². The van der Waals surface area contributed by atoms with Crippen LogP contribution in [-0.2, 0) is 4.79 Å². The van der Waals surface area contributed by atoms with Crippen LogP contribution in [0.4, 0.5) is 5.69 Å². The molecule has 0 saturated heterocycles. The number of carbonyl (C=O) groups is 1. The Bertz CT molecular complexity index is 1270. The van der Waals surface area contributed by atoms with Crippen LogP contribution in [0.3, 0.4) is 0 Å². The number of nitrogens with zero attached hydrogens (tertiary/aromatic N) is 1. The van der Waals surface area contributed by atoms with Crippen LogP contribution in [0.5, 0.6) is 17.2 Å². The van der Waals surface area contributed by atoms with Gasteiger partial charge in [0, 0.05) is 16.8 Å². The molecule has 0 fully saturated rings. The molecule has 0 unspecified atom stereocenters. The third kappa shape index (κ3) is 4.96. The summed E-state index contributed by atoms with van der Waals surface area (Å²) in [5.41, 5.74) is 4.16. The van der Waals surface area contributed by atoms with Gasteiger partial charge in [0.2, 0.25) is 0 Å². The van der Waals surface area contributed by atoms with Crippen LogP contribution in [0.2, 0.25) is 0 Å². The van der Waals surface area contributed by atoms with Crippen molar-refractivity contribution in [1.29, 1.82) is 0 Å². The van der Waals surface area contributed by atoms with Crippen molar-refractivity contribution in [3.8, 4) is 39.8 Å². The van der Waals surface area contributed by atoms with Gasteiger partial charge in [0.1, 0.15) is 19.0 Å². The highest BCUT2D eigenvalue weighted by atomic mass is 16.6. The smallest absolute Gasteiger partial charge is 0.262 e. The lowest BCUT2D eigenvalue weighted by atomic mass is 10.1. The van der Waals surface area contributed by atoms with E-state index in [1.807, 2.05) is 91.0 Å². The van der Waals surface area contributed by atoms with Gasteiger partial charge in [-0.3, -0.25) is 4.79 Å². The number of ether oxygens (including phenoxy) is 3. The molecule has 0 aliphatic carbocycles.